The van der Waals surface area contributed by atoms with Crippen molar-refractivity contribution in [2.75, 3.05) is 19.6 Å². The van der Waals surface area contributed by atoms with Gasteiger partial charge in [0.2, 0.25) is 0 Å². The highest BCUT2D eigenvalue weighted by molar-refractivity contribution is 5.94. The maximum atomic E-state index is 12.4. The first kappa shape index (κ1) is 19.6. The van der Waals surface area contributed by atoms with E-state index in [1.807, 2.05) is 24.5 Å². The molecule has 1 amide bonds. The summed E-state index contributed by atoms with van der Waals surface area (Å²) in [5, 5.41) is 3.13. The van der Waals surface area contributed by atoms with Crippen molar-refractivity contribution in [1.82, 2.24) is 15.2 Å². The molecule has 0 saturated carbocycles. The number of piperidine rings is 1. The van der Waals surface area contributed by atoms with Gasteiger partial charge in [-0.1, -0.05) is 32.9 Å². The van der Waals surface area contributed by atoms with Crippen molar-refractivity contribution in [2.24, 2.45) is 5.92 Å². The molecule has 27 heavy (non-hydrogen) atoms. The first-order valence-electron chi connectivity index (χ1n) is 9.92. The first-order chi connectivity index (χ1) is 12.9. The van der Waals surface area contributed by atoms with Gasteiger partial charge in [0.15, 0.2) is 0 Å². The lowest BCUT2D eigenvalue weighted by atomic mass is 9.86. The van der Waals surface area contributed by atoms with E-state index in [-0.39, 0.29) is 11.3 Å². The van der Waals surface area contributed by atoms with Crippen LogP contribution in [-0.2, 0) is 12.0 Å². The van der Waals surface area contributed by atoms with E-state index in [9.17, 15) is 4.79 Å². The molecule has 0 radical (unpaired) electrons. The van der Waals surface area contributed by atoms with Crippen molar-refractivity contribution in [3.05, 3.63) is 65.5 Å². The van der Waals surface area contributed by atoms with E-state index >= 15 is 0 Å². The average Bonchev–Trinajstić information content (AvgIpc) is 2.67. The molecular formula is C23H31N3O. The summed E-state index contributed by atoms with van der Waals surface area (Å²) < 4.78 is 0. The smallest absolute Gasteiger partial charge is 0.251 e. The number of nitrogens with zero attached hydrogens (tertiary/aromatic N) is 2. The molecule has 1 aliphatic rings. The molecule has 144 valence electrons. The third kappa shape index (κ3) is 5.64. The molecule has 0 aliphatic carbocycles. The zero-order valence-electron chi connectivity index (χ0n) is 16.7. The molecule has 0 spiro atoms. The topological polar surface area (TPSA) is 45.2 Å². The van der Waals surface area contributed by atoms with Crippen molar-refractivity contribution >= 4 is 5.91 Å². The molecule has 2 aromatic rings. The van der Waals surface area contributed by atoms with E-state index in [0.29, 0.717) is 5.92 Å². The van der Waals surface area contributed by atoms with Gasteiger partial charge in [0, 0.05) is 31.0 Å². The Kier molecular flexibility index (Phi) is 6.27. The van der Waals surface area contributed by atoms with Crippen LogP contribution in [0.5, 0.6) is 0 Å². The molecule has 1 aromatic carbocycles. The van der Waals surface area contributed by atoms with Gasteiger partial charge in [0.1, 0.15) is 0 Å². The molecule has 1 fully saturated rings. The van der Waals surface area contributed by atoms with Gasteiger partial charge in [-0.05, 0) is 72.7 Å². The normalized spacial score (nSPS) is 16.3. The summed E-state index contributed by atoms with van der Waals surface area (Å²) in [7, 11) is 0. The second-order valence-corrected chi connectivity index (χ2v) is 8.61. The standard InChI is InChI=1S/C23H31N3O/c1-23(2,3)21-6-4-20(5-7-21)22(27)25-16-18-10-14-26(15-11-18)17-19-8-12-24-13-9-19/h4-9,12-13,18H,10-11,14-17H2,1-3H3,(H,25,27). The summed E-state index contributed by atoms with van der Waals surface area (Å²) >= 11 is 0. The van der Waals surface area contributed by atoms with Gasteiger partial charge < -0.3 is 5.32 Å². The predicted octanol–water partition coefficient (Wildman–Crippen LogP) is 4.02. The Hall–Kier alpha value is -2.20. The van der Waals surface area contributed by atoms with Gasteiger partial charge in [-0.15, -0.1) is 0 Å². The highest BCUT2D eigenvalue weighted by Gasteiger charge is 2.20. The van der Waals surface area contributed by atoms with E-state index in [0.717, 1.165) is 44.6 Å². The van der Waals surface area contributed by atoms with Crippen LogP contribution in [0.4, 0.5) is 0 Å². The fourth-order valence-electron chi connectivity index (χ4n) is 3.56. The second kappa shape index (κ2) is 8.66. The maximum absolute atomic E-state index is 12.4. The van der Waals surface area contributed by atoms with Crippen LogP contribution < -0.4 is 5.32 Å². The Bertz CT molecular complexity index is 726. The molecule has 4 nitrogen and oxygen atoms in total. The van der Waals surface area contributed by atoms with E-state index < -0.39 is 0 Å². The van der Waals surface area contributed by atoms with E-state index in [1.165, 1.54) is 11.1 Å². The van der Waals surface area contributed by atoms with Crippen molar-refractivity contribution in [3.63, 3.8) is 0 Å². The number of pyridine rings is 1. The third-order valence-corrected chi connectivity index (χ3v) is 5.43. The van der Waals surface area contributed by atoms with Crippen LogP contribution in [0.3, 0.4) is 0 Å². The average molecular weight is 366 g/mol. The molecule has 3 rings (SSSR count). The highest BCUT2D eigenvalue weighted by Crippen LogP contribution is 2.22. The van der Waals surface area contributed by atoms with Crippen molar-refractivity contribution in [1.29, 1.82) is 0 Å². The van der Waals surface area contributed by atoms with Crippen LogP contribution >= 0.6 is 0 Å². The molecule has 1 aliphatic heterocycles. The number of rotatable bonds is 5. The Labute approximate surface area is 163 Å². The van der Waals surface area contributed by atoms with Gasteiger partial charge in [0.25, 0.3) is 5.91 Å². The molecular weight excluding hydrogens is 334 g/mol. The molecule has 0 atom stereocenters. The quantitative estimate of drug-likeness (QED) is 0.870. The maximum Gasteiger partial charge on any atom is 0.251 e. The number of carbonyl (C=O) groups excluding carboxylic acids is 1. The summed E-state index contributed by atoms with van der Waals surface area (Å²) in [5.74, 6) is 0.603. The molecule has 1 saturated heterocycles. The summed E-state index contributed by atoms with van der Waals surface area (Å²) in [6.07, 6.45) is 5.97. The van der Waals surface area contributed by atoms with Crippen molar-refractivity contribution in [2.45, 2.75) is 45.6 Å². The molecule has 1 aromatic heterocycles. The van der Waals surface area contributed by atoms with Gasteiger partial charge in [-0.3, -0.25) is 14.7 Å². The zero-order valence-corrected chi connectivity index (χ0v) is 16.7. The predicted molar refractivity (Wildman–Crippen MR) is 110 cm³/mol. The van der Waals surface area contributed by atoms with Crippen molar-refractivity contribution < 1.29 is 4.79 Å². The number of hydrogen-bond acceptors (Lipinski definition) is 3. The van der Waals surface area contributed by atoms with Crippen LogP contribution in [0.25, 0.3) is 0 Å². The molecule has 4 heteroatoms. The van der Waals surface area contributed by atoms with Gasteiger partial charge in [-0.25, -0.2) is 0 Å². The Morgan fingerprint density at radius 1 is 1.07 bits per heavy atom. The van der Waals surface area contributed by atoms with Gasteiger partial charge >= 0.3 is 0 Å². The molecule has 0 unspecified atom stereocenters. The molecule has 2 heterocycles. The number of hydrogen-bond donors (Lipinski definition) is 1. The van der Waals surface area contributed by atoms with Gasteiger partial charge in [0.05, 0.1) is 0 Å². The van der Waals surface area contributed by atoms with E-state index in [4.69, 9.17) is 0 Å². The Balaban J connectivity index is 1.42. The number of likely N-dealkylation sites (tertiary alicyclic amines) is 1. The number of aromatic nitrogens is 1. The largest absolute Gasteiger partial charge is 0.352 e. The van der Waals surface area contributed by atoms with Crippen LogP contribution in [0.1, 0.15) is 55.1 Å². The summed E-state index contributed by atoms with van der Waals surface area (Å²) in [6.45, 7) is 10.5. The minimum Gasteiger partial charge on any atom is -0.352 e. The number of amides is 1. The lowest BCUT2D eigenvalue weighted by Gasteiger charge is -2.32. The summed E-state index contributed by atoms with van der Waals surface area (Å²) in [6, 6.07) is 12.2. The number of nitrogens with one attached hydrogen (secondary N) is 1. The lowest BCUT2D eigenvalue weighted by molar-refractivity contribution is 0.0935. The van der Waals surface area contributed by atoms with Crippen LogP contribution in [-0.4, -0.2) is 35.4 Å². The second-order valence-electron chi connectivity index (χ2n) is 8.61. The first-order valence-corrected chi connectivity index (χ1v) is 9.92. The SMILES string of the molecule is CC(C)(C)c1ccc(C(=O)NCC2CCN(Cc3ccncc3)CC2)cc1. The molecule has 1 N–H and O–H groups in total. The van der Waals surface area contributed by atoms with Crippen LogP contribution in [0.15, 0.2) is 48.8 Å². The third-order valence-electron chi connectivity index (χ3n) is 5.43. The van der Waals surface area contributed by atoms with E-state index in [1.54, 1.807) is 0 Å². The Morgan fingerprint density at radius 3 is 2.30 bits per heavy atom. The number of benzene rings is 1. The molecule has 0 bridgehead atoms. The summed E-state index contributed by atoms with van der Waals surface area (Å²) in [5.41, 5.74) is 3.42. The van der Waals surface area contributed by atoms with Crippen LogP contribution in [0, 0.1) is 5.92 Å². The van der Waals surface area contributed by atoms with E-state index in [2.05, 4.69) is 60.2 Å². The van der Waals surface area contributed by atoms with Gasteiger partial charge in [-0.2, -0.15) is 0 Å². The minimum atomic E-state index is 0.0367. The van der Waals surface area contributed by atoms with Crippen LogP contribution in [0.2, 0.25) is 0 Å². The lowest BCUT2D eigenvalue weighted by Crippen LogP contribution is -2.38. The fraction of sp³-hybridized carbons (Fsp3) is 0.478. The van der Waals surface area contributed by atoms with Crippen molar-refractivity contribution in [3.8, 4) is 0 Å². The highest BCUT2D eigenvalue weighted by atomic mass is 16.1. The monoisotopic (exact) mass is 365 g/mol. The minimum absolute atomic E-state index is 0.0367. The number of carbonyl (C=O) groups is 1. The summed E-state index contributed by atoms with van der Waals surface area (Å²) in [4.78, 5) is 19.0. The fourth-order valence-corrected chi connectivity index (χ4v) is 3.56. The Morgan fingerprint density at radius 2 is 1.70 bits per heavy atom. The zero-order chi connectivity index (χ0) is 19.3.